The van der Waals surface area contributed by atoms with Crippen LogP contribution in [0.15, 0.2) is 21.3 Å². The Labute approximate surface area is 75.1 Å². The molecule has 0 radical (unpaired) electrons. The Hall–Kier alpha value is -1.30. The summed E-state index contributed by atoms with van der Waals surface area (Å²) in [5.74, 6) is 0.266. The molecule has 0 aromatic carbocycles. The minimum atomic E-state index is -3.59. The molecule has 0 fully saturated rings. The molecule has 0 aliphatic carbocycles. The highest BCUT2D eigenvalue weighted by atomic mass is 32.2. The van der Waals surface area contributed by atoms with Crippen molar-refractivity contribution >= 4 is 10.1 Å². The Morgan fingerprint density at radius 3 is 2.46 bits per heavy atom. The molecule has 0 N–H and O–H groups in total. The fourth-order valence-electron chi connectivity index (χ4n) is 0.799. The Balaban J connectivity index is 3.10. The first-order valence-corrected chi connectivity index (χ1v) is 5.20. The van der Waals surface area contributed by atoms with E-state index in [1.165, 1.54) is 13.0 Å². The number of hydrogen-bond acceptors (Lipinski definition) is 5. The molecule has 0 saturated carbocycles. The first kappa shape index (κ1) is 9.79. The second kappa shape index (κ2) is 3.21. The van der Waals surface area contributed by atoms with Crippen molar-refractivity contribution in [2.45, 2.75) is 6.92 Å². The molecule has 0 spiro atoms. The highest BCUT2D eigenvalue weighted by Gasteiger charge is 2.06. The van der Waals surface area contributed by atoms with Gasteiger partial charge in [-0.1, -0.05) is 0 Å². The molecule has 0 unspecified atom stereocenters. The van der Waals surface area contributed by atoms with Gasteiger partial charge in [0.2, 0.25) is 0 Å². The van der Waals surface area contributed by atoms with Gasteiger partial charge in [-0.05, 0) is 6.92 Å². The number of hydrogen-bond donors (Lipinski definition) is 0. The number of aryl methyl sites for hydroxylation is 1. The molecule has 1 aromatic heterocycles. The van der Waals surface area contributed by atoms with Crippen LogP contribution < -0.4 is 9.81 Å². The molecule has 0 atom stereocenters. The maximum absolute atomic E-state index is 10.8. The third-order valence-electron chi connectivity index (χ3n) is 1.11. The molecule has 1 aromatic rings. The van der Waals surface area contributed by atoms with Crippen molar-refractivity contribution in [3.63, 3.8) is 0 Å². The Bertz CT molecular complexity index is 456. The fraction of sp³-hybridized carbons (Fsp3) is 0.286. The van der Waals surface area contributed by atoms with Gasteiger partial charge in [0.15, 0.2) is 5.75 Å². The lowest BCUT2D eigenvalue weighted by molar-refractivity contribution is 0.456. The van der Waals surface area contributed by atoms with E-state index >= 15 is 0 Å². The van der Waals surface area contributed by atoms with Gasteiger partial charge in [-0.15, -0.1) is 0 Å². The Morgan fingerprint density at radius 1 is 1.38 bits per heavy atom. The second-order valence-corrected chi connectivity index (χ2v) is 4.09. The van der Waals surface area contributed by atoms with Gasteiger partial charge in [-0.2, -0.15) is 8.42 Å². The van der Waals surface area contributed by atoms with Gasteiger partial charge in [0.1, 0.15) is 5.76 Å². The molecule has 0 bridgehead atoms. The second-order valence-electron chi connectivity index (χ2n) is 2.51. The lowest BCUT2D eigenvalue weighted by Gasteiger charge is -2.01. The summed E-state index contributed by atoms with van der Waals surface area (Å²) < 4.78 is 30.4. The van der Waals surface area contributed by atoms with Crippen LogP contribution in [-0.2, 0) is 10.1 Å². The van der Waals surface area contributed by atoms with E-state index in [1.54, 1.807) is 0 Å². The van der Waals surface area contributed by atoms with E-state index in [9.17, 15) is 13.2 Å². The standard InChI is InChI=1S/C7H8O5S/c1-5-3-6(4-7(8)11-5)12-13(2,9)10/h3-4H,1-2H3. The maximum Gasteiger partial charge on any atom is 0.339 e. The average Bonchev–Trinajstić information content (AvgIpc) is 1.78. The maximum atomic E-state index is 10.8. The minimum Gasteiger partial charge on any atom is -0.428 e. The van der Waals surface area contributed by atoms with E-state index in [4.69, 9.17) is 0 Å². The molecule has 0 amide bonds. The van der Waals surface area contributed by atoms with E-state index in [2.05, 4.69) is 8.60 Å². The monoisotopic (exact) mass is 204 g/mol. The topological polar surface area (TPSA) is 73.6 Å². The normalized spacial score (nSPS) is 11.2. The molecule has 72 valence electrons. The van der Waals surface area contributed by atoms with E-state index in [-0.39, 0.29) is 5.75 Å². The average molecular weight is 204 g/mol. The third-order valence-corrected chi connectivity index (χ3v) is 1.61. The van der Waals surface area contributed by atoms with Crippen LogP contribution in [-0.4, -0.2) is 14.7 Å². The van der Waals surface area contributed by atoms with Gasteiger partial charge in [-0.25, -0.2) is 4.79 Å². The molecule has 0 aliphatic rings. The van der Waals surface area contributed by atoms with Crippen molar-refractivity contribution in [3.8, 4) is 5.75 Å². The van der Waals surface area contributed by atoms with Crippen LogP contribution in [0.4, 0.5) is 0 Å². The molecule has 5 nitrogen and oxygen atoms in total. The van der Waals surface area contributed by atoms with E-state index in [0.717, 1.165) is 12.3 Å². The van der Waals surface area contributed by atoms with Crippen molar-refractivity contribution < 1.29 is 17.0 Å². The van der Waals surface area contributed by atoms with E-state index < -0.39 is 15.7 Å². The fourth-order valence-corrected chi connectivity index (χ4v) is 1.24. The summed E-state index contributed by atoms with van der Waals surface area (Å²) in [5, 5.41) is 0. The van der Waals surface area contributed by atoms with Crippen molar-refractivity contribution in [1.82, 2.24) is 0 Å². The quantitative estimate of drug-likeness (QED) is 0.647. The van der Waals surface area contributed by atoms with Gasteiger partial charge in [0.25, 0.3) is 0 Å². The SMILES string of the molecule is Cc1cc(OS(C)(=O)=O)cc(=O)o1. The van der Waals surface area contributed by atoms with Crippen molar-refractivity contribution in [1.29, 1.82) is 0 Å². The number of rotatable bonds is 2. The van der Waals surface area contributed by atoms with E-state index in [1.807, 2.05) is 0 Å². The Kier molecular flexibility index (Phi) is 2.42. The van der Waals surface area contributed by atoms with Gasteiger partial charge in [0, 0.05) is 6.07 Å². The predicted octanol–water partition coefficient (Wildman–Crippen LogP) is 0.287. The zero-order valence-electron chi connectivity index (χ0n) is 7.10. The van der Waals surface area contributed by atoms with Gasteiger partial charge in [-0.3, -0.25) is 0 Å². The smallest absolute Gasteiger partial charge is 0.339 e. The van der Waals surface area contributed by atoms with Crippen LogP contribution >= 0.6 is 0 Å². The summed E-state index contributed by atoms with van der Waals surface area (Å²) in [6.45, 7) is 1.52. The molecular weight excluding hydrogens is 196 g/mol. The lowest BCUT2D eigenvalue weighted by atomic mass is 10.4. The van der Waals surface area contributed by atoms with Crippen molar-refractivity contribution in [2.24, 2.45) is 0 Å². The summed E-state index contributed by atoms with van der Waals surface area (Å²) in [7, 11) is -3.59. The van der Waals surface area contributed by atoms with Gasteiger partial charge in [0.05, 0.1) is 12.3 Å². The lowest BCUT2D eigenvalue weighted by Crippen LogP contribution is -2.08. The zero-order chi connectivity index (χ0) is 10.1. The molecule has 1 rings (SSSR count). The molecule has 1 heterocycles. The highest BCUT2D eigenvalue weighted by Crippen LogP contribution is 2.10. The van der Waals surface area contributed by atoms with Crippen LogP contribution in [0.3, 0.4) is 0 Å². The van der Waals surface area contributed by atoms with Crippen molar-refractivity contribution in [2.75, 3.05) is 6.26 Å². The summed E-state index contributed by atoms with van der Waals surface area (Å²) in [5.41, 5.74) is -0.640. The molecule has 0 aliphatic heterocycles. The molecule has 0 saturated heterocycles. The largest absolute Gasteiger partial charge is 0.428 e. The molecule has 6 heteroatoms. The minimum absolute atomic E-state index is 0.0312. The summed E-state index contributed by atoms with van der Waals surface area (Å²) in [6, 6.07) is 2.29. The molecular formula is C7H8O5S. The molecule has 13 heavy (non-hydrogen) atoms. The first-order chi connectivity index (χ1) is 5.87. The van der Waals surface area contributed by atoms with Crippen LogP contribution in [0.2, 0.25) is 0 Å². The van der Waals surface area contributed by atoms with Crippen molar-refractivity contribution in [3.05, 3.63) is 28.3 Å². The third kappa shape index (κ3) is 3.29. The van der Waals surface area contributed by atoms with Crippen LogP contribution in [0.25, 0.3) is 0 Å². The van der Waals surface area contributed by atoms with Crippen LogP contribution in [0, 0.1) is 6.92 Å². The van der Waals surface area contributed by atoms with Gasteiger partial charge < -0.3 is 8.60 Å². The summed E-state index contributed by atoms with van der Waals surface area (Å²) >= 11 is 0. The van der Waals surface area contributed by atoms with Crippen LogP contribution in [0.5, 0.6) is 5.75 Å². The Morgan fingerprint density at radius 2 is 2.00 bits per heavy atom. The summed E-state index contributed by atoms with van der Waals surface area (Å²) in [4.78, 5) is 10.8. The predicted molar refractivity (Wildman–Crippen MR) is 45.2 cm³/mol. The van der Waals surface area contributed by atoms with Gasteiger partial charge >= 0.3 is 15.7 Å². The van der Waals surface area contributed by atoms with Crippen LogP contribution in [0.1, 0.15) is 5.76 Å². The summed E-state index contributed by atoms with van der Waals surface area (Å²) in [6.07, 6.45) is 0.900. The van der Waals surface area contributed by atoms with E-state index in [0.29, 0.717) is 5.76 Å². The first-order valence-electron chi connectivity index (χ1n) is 3.38. The highest BCUT2D eigenvalue weighted by molar-refractivity contribution is 7.86. The zero-order valence-corrected chi connectivity index (χ0v) is 7.92.